The predicted octanol–water partition coefficient (Wildman–Crippen LogP) is 8.94. The zero-order valence-electron chi connectivity index (χ0n) is 19.1. The minimum Gasteiger partial charge on any atom is -0.0654 e. The van der Waals surface area contributed by atoms with E-state index in [4.69, 9.17) is 0 Å². The first-order chi connectivity index (χ1) is 13.7. The van der Waals surface area contributed by atoms with E-state index in [2.05, 4.69) is 45.0 Å². The van der Waals surface area contributed by atoms with E-state index in [1.54, 1.807) is 11.1 Å². The molecule has 1 aromatic rings. The van der Waals surface area contributed by atoms with Crippen LogP contribution in [0.15, 0.2) is 24.3 Å². The quantitative estimate of drug-likeness (QED) is 0.374. The van der Waals surface area contributed by atoms with E-state index in [1.165, 1.54) is 89.9 Å². The second-order valence-electron chi connectivity index (χ2n) is 10.3. The Morgan fingerprint density at radius 3 is 2.07 bits per heavy atom. The fourth-order valence-corrected chi connectivity index (χ4v) is 6.31. The lowest BCUT2D eigenvalue weighted by molar-refractivity contribution is 0.130. The van der Waals surface area contributed by atoms with E-state index >= 15 is 0 Å². The maximum absolute atomic E-state index is 2.54. The van der Waals surface area contributed by atoms with Gasteiger partial charge in [-0.3, -0.25) is 0 Å². The highest BCUT2D eigenvalue weighted by Crippen LogP contribution is 2.47. The summed E-state index contributed by atoms with van der Waals surface area (Å²) in [5, 5.41) is 0. The number of unbranched alkanes of at least 4 members (excludes halogenated alkanes) is 3. The Balaban J connectivity index is 1.46. The van der Waals surface area contributed by atoms with Gasteiger partial charge in [-0.05, 0) is 85.7 Å². The lowest BCUT2D eigenvalue weighted by Gasteiger charge is -2.41. The Morgan fingerprint density at radius 2 is 1.43 bits per heavy atom. The number of hydrogen-bond acceptors (Lipinski definition) is 0. The normalized spacial score (nSPS) is 31.0. The standard InChI is InChI=1S/C28H46/c1-4-6-8-10-24-13-17-26(18-14-24)28-20-19-27(21-22(28)3)25-15-11-23(12-16-25)9-7-5-2/h13-14,17-18,22-23,25,27-28H,4-12,15-16,19-21H2,1-3H3/t22-,23?,25?,27?,28-/m1/s1. The molecule has 0 heteroatoms. The molecule has 0 N–H and O–H groups in total. The van der Waals surface area contributed by atoms with Crippen molar-refractivity contribution in [1.29, 1.82) is 0 Å². The molecule has 0 aliphatic heterocycles. The summed E-state index contributed by atoms with van der Waals surface area (Å²) in [7, 11) is 0. The van der Waals surface area contributed by atoms with Gasteiger partial charge in [-0.25, -0.2) is 0 Å². The number of benzene rings is 1. The van der Waals surface area contributed by atoms with Gasteiger partial charge in [0.05, 0.1) is 0 Å². The molecular formula is C28H46. The lowest BCUT2D eigenvalue weighted by atomic mass is 9.65. The van der Waals surface area contributed by atoms with Crippen molar-refractivity contribution in [3.05, 3.63) is 35.4 Å². The smallest absolute Gasteiger partial charge is 0.0136 e. The van der Waals surface area contributed by atoms with Gasteiger partial charge in [-0.15, -0.1) is 0 Å². The highest BCUT2D eigenvalue weighted by atomic mass is 14.4. The van der Waals surface area contributed by atoms with Gasteiger partial charge in [0.15, 0.2) is 0 Å². The van der Waals surface area contributed by atoms with E-state index in [9.17, 15) is 0 Å². The van der Waals surface area contributed by atoms with Crippen LogP contribution in [0.5, 0.6) is 0 Å². The molecule has 158 valence electrons. The van der Waals surface area contributed by atoms with Crippen molar-refractivity contribution in [2.45, 2.75) is 117 Å². The number of hydrogen-bond donors (Lipinski definition) is 0. The van der Waals surface area contributed by atoms with Crippen molar-refractivity contribution in [2.75, 3.05) is 0 Å². The molecule has 1 aromatic carbocycles. The van der Waals surface area contributed by atoms with Crippen LogP contribution >= 0.6 is 0 Å². The molecule has 3 rings (SSSR count). The first-order valence-corrected chi connectivity index (χ1v) is 12.8. The van der Waals surface area contributed by atoms with Crippen LogP contribution in [0, 0.1) is 23.7 Å². The van der Waals surface area contributed by atoms with Crippen molar-refractivity contribution in [2.24, 2.45) is 23.7 Å². The first kappa shape index (κ1) is 21.9. The molecule has 0 aromatic heterocycles. The van der Waals surface area contributed by atoms with Gasteiger partial charge in [0.25, 0.3) is 0 Å². The Morgan fingerprint density at radius 1 is 0.750 bits per heavy atom. The van der Waals surface area contributed by atoms with Crippen molar-refractivity contribution in [3.63, 3.8) is 0 Å². The van der Waals surface area contributed by atoms with Gasteiger partial charge in [0.1, 0.15) is 0 Å². The molecule has 2 aliphatic rings. The molecule has 0 radical (unpaired) electrons. The molecule has 2 aliphatic carbocycles. The SMILES string of the molecule is CCCCCc1ccc([C@@H]2CCC(C3CCC(CCCC)CC3)C[C@H]2C)cc1. The van der Waals surface area contributed by atoms with Crippen LogP contribution in [0.2, 0.25) is 0 Å². The molecule has 28 heavy (non-hydrogen) atoms. The Labute approximate surface area is 175 Å². The predicted molar refractivity (Wildman–Crippen MR) is 124 cm³/mol. The Hall–Kier alpha value is -0.780. The van der Waals surface area contributed by atoms with Crippen LogP contribution in [0.3, 0.4) is 0 Å². The summed E-state index contributed by atoms with van der Waals surface area (Å²) in [4.78, 5) is 0. The molecule has 0 heterocycles. The van der Waals surface area contributed by atoms with Crippen LogP contribution in [-0.2, 0) is 6.42 Å². The summed E-state index contributed by atoms with van der Waals surface area (Å²) in [6.07, 6.45) is 20.1. The van der Waals surface area contributed by atoms with Gasteiger partial charge in [-0.1, -0.05) is 90.0 Å². The fourth-order valence-electron chi connectivity index (χ4n) is 6.31. The van der Waals surface area contributed by atoms with E-state index in [-0.39, 0.29) is 0 Å². The summed E-state index contributed by atoms with van der Waals surface area (Å²) in [6, 6.07) is 9.76. The zero-order chi connectivity index (χ0) is 19.8. The topological polar surface area (TPSA) is 0 Å². The third-order valence-electron chi connectivity index (χ3n) is 8.21. The van der Waals surface area contributed by atoms with E-state index < -0.39 is 0 Å². The Kier molecular flexibility index (Phi) is 8.94. The minimum atomic E-state index is 0.807. The van der Waals surface area contributed by atoms with Crippen molar-refractivity contribution >= 4 is 0 Å². The van der Waals surface area contributed by atoms with Crippen molar-refractivity contribution < 1.29 is 0 Å². The van der Waals surface area contributed by atoms with Crippen LogP contribution in [0.1, 0.15) is 121 Å². The van der Waals surface area contributed by atoms with E-state index in [1.807, 2.05) is 0 Å². The molecule has 2 fully saturated rings. The summed E-state index contributed by atoms with van der Waals surface area (Å²) in [5.41, 5.74) is 3.16. The van der Waals surface area contributed by atoms with Crippen LogP contribution in [0.4, 0.5) is 0 Å². The van der Waals surface area contributed by atoms with Crippen LogP contribution in [0.25, 0.3) is 0 Å². The highest BCUT2D eigenvalue weighted by Gasteiger charge is 2.34. The van der Waals surface area contributed by atoms with Gasteiger partial charge in [0, 0.05) is 0 Å². The molecule has 0 amide bonds. The average molecular weight is 383 g/mol. The summed E-state index contributed by atoms with van der Waals surface area (Å²) in [5.74, 6) is 4.79. The van der Waals surface area contributed by atoms with Crippen molar-refractivity contribution in [3.8, 4) is 0 Å². The monoisotopic (exact) mass is 382 g/mol. The molecule has 0 spiro atoms. The molecule has 0 nitrogen and oxygen atoms in total. The molecule has 3 atom stereocenters. The third-order valence-corrected chi connectivity index (χ3v) is 8.21. The average Bonchev–Trinajstić information content (AvgIpc) is 2.73. The summed E-state index contributed by atoms with van der Waals surface area (Å²) in [6.45, 7) is 7.17. The van der Waals surface area contributed by atoms with E-state index in [0.29, 0.717) is 0 Å². The summed E-state index contributed by atoms with van der Waals surface area (Å²) < 4.78 is 0. The third kappa shape index (κ3) is 6.11. The Bertz CT molecular complexity index is 534. The number of rotatable bonds is 9. The second kappa shape index (κ2) is 11.4. The molecular weight excluding hydrogens is 336 g/mol. The van der Waals surface area contributed by atoms with Gasteiger partial charge in [-0.2, -0.15) is 0 Å². The van der Waals surface area contributed by atoms with Crippen LogP contribution in [-0.4, -0.2) is 0 Å². The maximum Gasteiger partial charge on any atom is -0.0136 e. The van der Waals surface area contributed by atoms with Gasteiger partial charge >= 0.3 is 0 Å². The largest absolute Gasteiger partial charge is 0.0654 e. The maximum atomic E-state index is 2.54. The lowest BCUT2D eigenvalue weighted by Crippen LogP contribution is -2.29. The second-order valence-corrected chi connectivity index (χ2v) is 10.3. The molecule has 2 saturated carbocycles. The fraction of sp³-hybridized carbons (Fsp3) is 0.786. The molecule has 0 bridgehead atoms. The zero-order valence-corrected chi connectivity index (χ0v) is 19.1. The minimum absolute atomic E-state index is 0.807. The highest BCUT2D eigenvalue weighted by molar-refractivity contribution is 5.26. The first-order valence-electron chi connectivity index (χ1n) is 12.8. The molecule has 1 unspecified atom stereocenters. The van der Waals surface area contributed by atoms with Crippen LogP contribution < -0.4 is 0 Å². The van der Waals surface area contributed by atoms with Gasteiger partial charge in [0.2, 0.25) is 0 Å². The summed E-state index contributed by atoms with van der Waals surface area (Å²) >= 11 is 0. The van der Waals surface area contributed by atoms with E-state index in [0.717, 1.165) is 29.6 Å². The van der Waals surface area contributed by atoms with Gasteiger partial charge < -0.3 is 0 Å². The molecule has 0 saturated heterocycles. The van der Waals surface area contributed by atoms with Crippen molar-refractivity contribution in [1.82, 2.24) is 0 Å². The number of aryl methyl sites for hydroxylation is 1.